The number of ether oxygens (including phenoxy) is 2. The molecule has 16 heavy (non-hydrogen) atoms. The maximum absolute atomic E-state index is 11.7. The SMILES string of the molecule is O=C(NCC1COCCO1)c1ccccc1. The van der Waals surface area contributed by atoms with Gasteiger partial charge in [-0.2, -0.15) is 0 Å². The molecule has 1 unspecified atom stereocenters. The standard InChI is InChI=1S/C12H15NO3/c14-12(10-4-2-1-3-5-10)13-8-11-9-15-6-7-16-11/h1-5,11H,6-9H2,(H,13,14). The van der Waals surface area contributed by atoms with Crippen LogP contribution in [0.25, 0.3) is 0 Å². The van der Waals surface area contributed by atoms with Gasteiger partial charge in [-0.3, -0.25) is 4.79 Å². The fourth-order valence-corrected chi connectivity index (χ4v) is 1.55. The van der Waals surface area contributed by atoms with E-state index in [2.05, 4.69) is 5.32 Å². The molecule has 0 aliphatic carbocycles. The molecule has 1 aliphatic heterocycles. The van der Waals surface area contributed by atoms with Crippen molar-refractivity contribution in [3.63, 3.8) is 0 Å². The molecule has 4 heteroatoms. The quantitative estimate of drug-likeness (QED) is 0.822. The third-order valence-electron chi connectivity index (χ3n) is 2.41. The zero-order chi connectivity index (χ0) is 11.2. The van der Waals surface area contributed by atoms with Gasteiger partial charge in [0.1, 0.15) is 0 Å². The normalized spacial score (nSPS) is 20.4. The molecular formula is C12H15NO3. The average Bonchev–Trinajstić information content (AvgIpc) is 2.38. The predicted octanol–water partition coefficient (Wildman–Crippen LogP) is 0.832. The highest BCUT2D eigenvalue weighted by molar-refractivity contribution is 5.94. The highest BCUT2D eigenvalue weighted by Gasteiger charge is 2.15. The summed E-state index contributed by atoms with van der Waals surface area (Å²) in [5.74, 6) is -0.0743. The lowest BCUT2D eigenvalue weighted by Crippen LogP contribution is -2.39. The summed E-state index contributed by atoms with van der Waals surface area (Å²) in [6.07, 6.45) is -0.0265. The predicted molar refractivity (Wildman–Crippen MR) is 59.3 cm³/mol. The van der Waals surface area contributed by atoms with E-state index in [0.717, 1.165) is 0 Å². The number of hydrogen-bond acceptors (Lipinski definition) is 3. The van der Waals surface area contributed by atoms with Gasteiger partial charge in [0, 0.05) is 12.1 Å². The minimum Gasteiger partial charge on any atom is -0.376 e. The molecule has 0 bridgehead atoms. The molecule has 0 spiro atoms. The van der Waals surface area contributed by atoms with Gasteiger partial charge in [-0.1, -0.05) is 18.2 Å². The van der Waals surface area contributed by atoms with Crippen LogP contribution in [0.15, 0.2) is 30.3 Å². The van der Waals surface area contributed by atoms with E-state index < -0.39 is 0 Å². The van der Waals surface area contributed by atoms with Gasteiger partial charge in [0.15, 0.2) is 0 Å². The van der Waals surface area contributed by atoms with Crippen molar-refractivity contribution in [1.82, 2.24) is 5.32 Å². The molecule has 1 amide bonds. The Morgan fingerprint density at radius 1 is 1.31 bits per heavy atom. The molecule has 1 aromatic carbocycles. The first-order valence-corrected chi connectivity index (χ1v) is 5.39. The minimum absolute atomic E-state index is 0.0265. The van der Waals surface area contributed by atoms with Crippen molar-refractivity contribution in [2.45, 2.75) is 6.10 Å². The first-order chi connectivity index (χ1) is 7.86. The Hall–Kier alpha value is -1.39. The monoisotopic (exact) mass is 221 g/mol. The second-order valence-electron chi connectivity index (χ2n) is 3.64. The lowest BCUT2D eigenvalue weighted by molar-refractivity contribution is -0.0855. The van der Waals surface area contributed by atoms with Crippen LogP contribution in [0.1, 0.15) is 10.4 Å². The average molecular weight is 221 g/mol. The largest absolute Gasteiger partial charge is 0.376 e. The van der Waals surface area contributed by atoms with Gasteiger partial charge >= 0.3 is 0 Å². The van der Waals surface area contributed by atoms with Crippen LogP contribution in [-0.4, -0.2) is 38.4 Å². The summed E-state index contributed by atoms with van der Waals surface area (Å²) in [7, 11) is 0. The van der Waals surface area contributed by atoms with Crippen LogP contribution < -0.4 is 5.32 Å². The molecule has 1 heterocycles. The Morgan fingerprint density at radius 3 is 2.81 bits per heavy atom. The van der Waals surface area contributed by atoms with Gasteiger partial charge in [0.05, 0.1) is 25.9 Å². The first kappa shape index (κ1) is 11.1. The van der Waals surface area contributed by atoms with Crippen LogP contribution >= 0.6 is 0 Å². The highest BCUT2D eigenvalue weighted by atomic mass is 16.6. The van der Waals surface area contributed by atoms with Crippen molar-refractivity contribution in [1.29, 1.82) is 0 Å². The van der Waals surface area contributed by atoms with E-state index in [-0.39, 0.29) is 12.0 Å². The lowest BCUT2D eigenvalue weighted by atomic mass is 10.2. The molecule has 0 radical (unpaired) electrons. The number of carbonyl (C=O) groups is 1. The zero-order valence-electron chi connectivity index (χ0n) is 9.02. The van der Waals surface area contributed by atoms with E-state index in [1.54, 1.807) is 12.1 Å². The molecule has 4 nitrogen and oxygen atoms in total. The van der Waals surface area contributed by atoms with Gasteiger partial charge in [0.25, 0.3) is 5.91 Å². The maximum Gasteiger partial charge on any atom is 0.251 e. The van der Waals surface area contributed by atoms with Crippen molar-refractivity contribution in [3.05, 3.63) is 35.9 Å². The van der Waals surface area contributed by atoms with Gasteiger partial charge < -0.3 is 14.8 Å². The van der Waals surface area contributed by atoms with E-state index in [4.69, 9.17) is 9.47 Å². The topological polar surface area (TPSA) is 47.6 Å². The van der Waals surface area contributed by atoms with Crippen LogP contribution in [0.3, 0.4) is 0 Å². The number of nitrogens with one attached hydrogen (secondary N) is 1. The van der Waals surface area contributed by atoms with Crippen molar-refractivity contribution >= 4 is 5.91 Å². The smallest absolute Gasteiger partial charge is 0.251 e. The Labute approximate surface area is 94.6 Å². The fraction of sp³-hybridized carbons (Fsp3) is 0.417. The fourth-order valence-electron chi connectivity index (χ4n) is 1.55. The van der Waals surface area contributed by atoms with Crippen LogP contribution in [0.4, 0.5) is 0 Å². The van der Waals surface area contributed by atoms with Crippen LogP contribution in [-0.2, 0) is 9.47 Å². The maximum atomic E-state index is 11.7. The second-order valence-corrected chi connectivity index (χ2v) is 3.64. The number of rotatable bonds is 3. The third kappa shape index (κ3) is 3.05. The Morgan fingerprint density at radius 2 is 2.12 bits per heavy atom. The lowest BCUT2D eigenvalue weighted by Gasteiger charge is -2.23. The summed E-state index contributed by atoms with van der Waals surface area (Å²) in [6.45, 7) is 2.29. The van der Waals surface area contributed by atoms with E-state index >= 15 is 0 Å². The molecule has 1 N–H and O–H groups in total. The van der Waals surface area contributed by atoms with Gasteiger partial charge in [0.2, 0.25) is 0 Å². The summed E-state index contributed by atoms with van der Waals surface area (Å²) >= 11 is 0. The van der Waals surface area contributed by atoms with Crippen molar-refractivity contribution < 1.29 is 14.3 Å². The summed E-state index contributed by atoms with van der Waals surface area (Å²) < 4.78 is 10.7. The Bertz CT molecular complexity index is 333. The minimum atomic E-state index is -0.0743. The summed E-state index contributed by atoms with van der Waals surface area (Å²) in [6, 6.07) is 9.14. The van der Waals surface area contributed by atoms with E-state index in [1.807, 2.05) is 18.2 Å². The Kier molecular flexibility index (Phi) is 3.91. The molecule has 0 saturated carbocycles. The summed E-state index contributed by atoms with van der Waals surface area (Å²) in [5, 5.41) is 2.82. The molecule has 1 fully saturated rings. The van der Waals surface area contributed by atoms with Crippen molar-refractivity contribution in [2.75, 3.05) is 26.4 Å². The molecule has 2 rings (SSSR count). The molecule has 86 valence electrons. The van der Waals surface area contributed by atoms with Crippen LogP contribution in [0, 0.1) is 0 Å². The zero-order valence-corrected chi connectivity index (χ0v) is 9.02. The van der Waals surface area contributed by atoms with Gasteiger partial charge in [-0.05, 0) is 12.1 Å². The molecule has 1 saturated heterocycles. The molecule has 1 atom stereocenters. The van der Waals surface area contributed by atoms with Crippen LogP contribution in [0.2, 0.25) is 0 Å². The van der Waals surface area contributed by atoms with Crippen molar-refractivity contribution in [3.8, 4) is 0 Å². The molecule has 1 aromatic rings. The summed E-state index contributed by atoms with van der Waals surface area (Å²) in [5.41, 5.74) is 0.666. The van der Waals surface area contributed by atoms with Crippen LogP contribution in [0.5, 0.6) is 0 Å². The third-order valence-corrected chi connectivity index (χ3v) is 2.41. The molecular weight excluding hydrogens is 206 g/mol. The van der Waals surface area contributed by atoms with Gasteiger partial charge in [-0.15, -0.1) is 0 Å². The number of carbonyl (C=O) groups excluding carboxylic acids is 1. The molecule has 0 aromatic heterocycles. The first-order valence-electron chi connectivity index (χ1n) is 5.39. The second kappa shape index (κ2) is 5.63. The Balaban J connectivity index is 1.79. The van der Waals surface area contributed by atoms with Gasteiger partial charge in [-0.25, -0.2) is 0 Å². The number of hydrogen-bond donors (Lipinski definition) is 1. The van der Waals surface area contributed by atoms with Crippen molar-refractivity contribution in [2.24, 2.45) is 0 Å². The van der Waals surface area contributed by atoms with E-state index in [9.17, 15) is 4.79 Å². The van der Waals surface area contributed by atoms with E-state index in [1.165, 1.54) is 0 Å². The number of benzene rings is 1. The molecule has 1 aliphatic rings. The highest BCUT2D eigenvalue weighted by Crippen LogP contribution is 2.01. The van der Waals surface area contributed by atoms with E-state index in [0.29, 0.717) is 31.9 Å². The summed E-state index contributed by atoms with van der Waals surface area (Å²) in [4.78, 5) is 11.7. The number of amides is 1.